The Labute approximate surface area is 171 Å². The number of nitrogens with zero attached hydrogens (tertiary/aromatic N) is 2. The first-order valence-electron chi connectivity index (χ1n) is 10.0. The highest BCUT2D eigenvalue weighted by Crippen LogP contribution is 2.39. The van der Waals surface area contributed by atoms with Gasteiger partial charge in [-0.25, -0.2) is 0 Å². The van der Waals surface area contributed by atoms with Gasteiger partial charge in [-0.05, 0) is 38.2 Å². The molecule has 0 aliphatic heterocycles. The molecule has 3 rings (SSSR count). The van der Waals surface area contributed by atoms with Gasteiger partial charge in [0, 0.05) is 32.0 Å². The number of rotatable bonds is 5. The lowest BCUT2D eigenvalue weighted by Gasteiger charge is -2.34. The van der Waals surface area contributed by atoms with Gasteiger partial charge >= 0.3 is 0 Å². The molecule has 1 fully saturated rings. The Balaban J connectivity index is 1.82. The van der Waals surface area contributed by atoms with Crippen molar-refractivity contribution in [3.8, 4) is 0 Å². The quantitative estimate of drug-likeness (QED) is 0.753. The van der Waals surface area contributed by atoms with Crippen molar-refractivity contribution in [3.63, 3.8) is 0 Å². The summed E-state index contributed by atoms with van der Waals surface area (Å²) >= 11 is 0. The summed E-state index contributed by atoms with van der Waals surface area (Å²) in [5, 5.41) is 17.6. The molecule has 0 unspecified atom stereocenters. The van der Waals surface area contributed by atoms with Crippen LogP contribution in [0.15, 0.2) is 40.9 Å². The number of aryl methyl sites for hydroxylation is 1. The predicted octanol–water partition coefficient (Wildman–Crippen LogP) is 2.43. The van der Waals surface area contributed by atoms with E-state index in [-0.39, 0.29) is 29.0 Å². The van der Waals surface area contributed by atoms with Crippen molar-refractivity contribution in [2.75, 3.05) is 13.6 Å². The lowest BCUT2D eigenvalue weighted by atomic mass is 9.74. The summed E-state index contributed by atoms with van der Waals surface area (Å²) in [6, 6.07) is 11.4. The fourth-order valence-electron chi connectivity index (χ4n) is 4.26. The van der Waals surface area contributed by atoms with Crippen LogP contribution in [0.1, 0.15) is 54.4 Å². The summed E-state index contributed by atoms with van der Waals surface area (Å²) < 4.78 is 5.02. The van der Waals surface area contributed by atoms with E-state index >= 15 is 0 Å². The van der Waals surface area contributed by atoms with E-state index in [9.17, 15) is 14.7 Å². The second kappa shape index (κ2) is 8.78. The smallest absolute Gasteiger partial charge is 0.276 e. The normalized spacial score (nSPS) is 24.6. The fourth-order valence-corrected chi connectivity index (χ4v) is 4.26. The molecule has 7 nitrogen and oxygen atoms in total. The van der Waals surface area contributed by atoms with Crippen molar-refractivity contribution in [1.82, 2.24) is 15.4 Å². The first-order valence-corrected chi connectivity index (χ1v) is 10.0. The third kappa shape index (κ3) is 4.67. The molecular formula is C22H29N3O4. The van der Waals surface area contributed by atoms with Crippen molar-refractivity contribution in [2.24, 2.45) is 0 Å². The number of hydrogen-bond donors (Lipinski definition) is 2. The lowest BCUT2D eigenvalue weighted by Crippen LogP contribution is -2.44. The van der Waals surface area contributed by atoms with Gasteiger partial charge in [0.1, 0.15) is 5.76 Å². The summed E-state index contributed by atoms with van der Waals surface area (Å²) in [5.41, 5.74) is 1.11. The molecule has 1 aromatic carbocycles. The largest absolute Gasteiger partial charge is 0.391 e. The number of benzene rings is 1. The molecule has 2 N–H and O–H groups in total. The molecule has 2 aromatic rings. The highest BCUT2D eigenvalue weighted by Gasteiger charge is 2.40. The summed E-state index contributed by atoms with van der Waals surface area (Å²) in [6.45, 7) is 3.76. The average Bonchev–Trinajstić information content (AvgIpc) is 3.07. The zero-order chi connectivity index (χ0) is 21.0. The average molecular weight is 399 g/mol. The molecule has 3 atom stereocenters. The second-order valence-electron chi connectivity index (χ2n) is 8.01. The Hall–Kier alpha value is -2.67. The lowest BCUT2D eigenvalue weighted by molar-refractivity contribution is -0.119. The Bertz CT molecular complexity index is 851. The number of aliphatic hydroxyl groups is 1. The van der Waals surface area contributed by atoms with Gasteiger partial charge in [-0.2, -0.15) is 0 Å². The maximum atomic E-state index is 12.8. The van der Waals surface area contributed by atoms with Gasteiger partial charge in [0.2, 0.25) is 5.91 Å². The van der Waals surface area contributed by atoms with Crippen LogP contribution in [0.5, 0.6) is 0 Å². The number of likely N-dealkylation sites (N-methyl/N-ethyl adjacent to an activating group) is 1. The highest BCUT2D eigenvalue weighted by atomic mass is 16.5. The third-order valence-corrected chi connectivity index (χ3v) is 6.01. The van der Waals surface area contributed by atoms with Gasteiger partial charge in [-0.3, -0.25) is 9.59 Å². The molecule has 29 heavy (non-hydrogen) atoms. The van der Waals surface area contributed by atoms with Crippen LogP contribution in [0.25, 0.3) is 0 Å². The number of hydrogen-bond acceptors (Lipinski definition) is 5. The van der Waals surface area contributed by atoms with Gasteiger partial charge in [0.25, 0.3) is 5.91 Å². The topological polar surface area (TPSA) is 95.7 Å². The Morgan fingerprint density at radius 3 is 2.59 bits per heavy atom. The van der Waals surface area contributed by atoms with Gasteiger partial charge < -0.3 is 19.8 Å². The number of amides is 2. The number of carbonyl (C=O) groups is 2. The van der Waals surface area contributed by atoms with E-state index < -0.39 is 6.10 Å². The minimum atomic E-state index is -0.653. The molecule has 2 amide bonds. The number of carbonyl (C=O) groups excluding carboxylic acids is 2. The molecule has 0 saturated heterocycles. The SMILES string of the molecule is CC(=O)NC[C@]1(c2ccccc2)CC[C@H](O)[C@@H](N(C)C(=O)c2cc(C)on2)CC1. The van der Waals surface area contributed by atoms with Crippen LogP contribution in [0.4, 0.5) is 0 Å². The van der Waals surface area contributed by atoms with Crippen LogP contribution in [0, 0.1) is 6.92 Å². The Kier molecular flexibility index (Phi) is 6.37. The molecule has 0 spiro atoms. The van der Waals surface area contributed by atoms with Crippen molar-refractivity contribution >= 4 is 11.8 Å². The van der Waals surface area contributed by atoms with Gasteiger partial charge in [0.05, 0.1) is 12.1 Å². The molecule has 1 heterocycles. The molecule has 0 radical (unpaired) electrons. The van der Waals surface area contributed by atoms with E-state index in [4.69, 9.17) is 4.52 Å². The summed E-state index contributed by atoms with van der Waals surface area (Å²) in [5.74, 6) is 0.233. The van der Waals surface area contributed by atoms with Crippen molar-refractivity contribution in [2.45, 2.75) is 57.1 Å². The minimum Gasteiger partial charge on any atom is -0.391 e. The minimum absolute atomic E-state index is 0.0738. The van der Waals surface area contributed by atoms with E-state index in [1.54, 1.807) is 24.9 Å². The summed E-state index contributed by atoms with van der Waals surface area (Å²) in [4.78, 5) is 26.0. The number of aliphatic hydroxyl groups excluding tert-OH is 1. The van der Waals surface area contributed by atoms with Crippen LogP contribution in [0.3, 0.4) is 0 Å². The Morgan fingerprint density at radius 1 is 1.28 bits per heavy atom. The molecule has 1 aliphatic carbocycles. The van der Waals surface area contributed by atoms with E-state index in [0.717, 1.165) is 18.4 Å². The third-order valence-electron chi connectivity index (χ3n) is 6.01. The molecule has 7 heteroatoms. The molecule has 1 saturated carbocycles. The molecule has 1 aromatic heterocycles. The molecule has 1 aliphatic rings. The van der Waals surface area contributed by atoms with E-state index in [1.807, 2.05) is 18.2 Å². The fraction of sp³-hybridized carbons (Fsp3) is 0.500. The maximum absolute atomic E-state index is 12.8. The van der Waals surface area contributed by atoms with Crippen LogP contribution in [-0.4, -0.2) is 52.7 Å². The maximum Gasteiger partial charge on any atom is 0.276 e. The van der Waals surface area contributed by atoms with Crippen molar-refractivity contribution < 1.29 is 19.2 Å². The second-order valence-corrected chi connectivity index (χ2v) is 8.01. The molecule has 0 bridgehead atoms. The van der Waals surface area contributed by atoms with Crippen LogP contribution >= 0.6 is 0 Å². The zero-order valence-corrected chi connectivity index (χ0v) is 17.2. The molecular weight excluding hydrogens is 370 g/mol. The van der Waals surface area contributed by atoms with Crippen molar-refractivity contribution in [1.29, 1.82) is 0 Å². The summed E-state index contributed by atoms with van der Waals surface area (Å²) in [7, 11) is 1.70. The van der Waals surface area contributed by atoms with Crippen LogP contribution < -0.4 is 5.32 Å². The van der Waals surface area contributed by atoms with E-state index in [1.165, 1.54) is 6.92 Å². The summed E-state index contributed by atoms with van der Waals surface area (Å²) in [6.07, 6.45) is 1.97. The van der Waals surface area contributed by atoms with Crippen LogP contribution in [0.2, 0.25) is 0 Å². The standard InChI is InChI=1S/C22H29N3O4/c1-15-13-18(24-29-15)21(28)25(3)19-9-11-22(12-10-20(19)27,14-23-16(2)26)17-7-5-4-6-8-17/h4-8,13,19-20,27H,9-12,14H2,1-3H3,(H,23,26)/t19-,20-,22+/m0/s1. The van der Waals surface area contributed by atoms with E-state index in [2.05, 4.69) is 22.6 Å². The number of nitrogens with one attached hydrogen (secondary N) is 1. The predicted molar refractivity (Wildman–Crippen MR) is 108 cm³/mol. The number of aromatic nitrogens is 1. The monoisotopic (exact) mass is 399 g/mol. The van der Waals surface area contributed by atoms with E-state index in [0.29, 0.717) is 25.1 Å². The first kappa shape index (κ1) is 21.0. The van der Waals surface area contributed by atoms with Gasteiger partial charge in [-0.15, -0.1) is 0 Å². The molecule has 156 valence electrons. The van der Waals surface area contributed by atoms with Gasteiger partial charge in [0.15, 0.2) is 5.69 Å². The van der Waals surface area contributed by atoms with Crippen LogP contribution in [-0.2, 0) is 10.2 Å². The Morgan fingerprint density at radius 2 is 1.97 bits per heavy atom. The zero-order valence-electron chi connectivity index (χ0n) is 17.2. The highest BCUT2D eigenvalue weighted by molar-refractivity contribution is 5.92. The van der Waals surface area contributed by atoms with Gasteiger partial charge in [-0.1, -0.05) is 35.5 Å². The van der Waals surface area contributed by atoms with Crippen molar-refractivity contribution in [3.05, 3.63) is 53.4 Å². The first-order chi connectivity index (χ1) is 13.8.